The average Bonchev–Trinajstić information content (AvgIpc) is 2.84. The summed E-state index contributed by atoms with van der Waals surface area (Å²) in [5, 5.41) is 0. The normalized spacial score (nSPS) is 10.8. The van der Waals surface area contributed by atoms with E-state index in [9.17, 15) is 4.79 Å². The van der Waals surface area contributed by atoms with Crippen LogP contribution in [0.15, 0.2) is 36.7 Å². The Labute approximate surface area is 118 Å². The molecule has 0 aliphatic carbocycles. The molecule has 0 fully saturated rings. The monoisotopic (exact) mass is 273 g/mol. The molecular formula is C15H19N3O2. The van der Waals surface area contributed by atoms with Crippen molar-refractivity contribution in [3.05, 3.63) is 53.6 Å². The van der Waals surface area contributed by atoms with Gasteiger partial charge in [-0.25, -0.2) is 9.78 Å². The van der Waals surface area contributed by atoms with E-state index in [1.54, 1.807) is 18.3 Å². The first kappa shape index (κ1) is 14.3. The molecule has 0 spiro atoms. The van der Waals surface area contributed by atoms with Crippen LogP contribution < -0.4 is 0 Å². The van der Waals surface area contributed by atoms with Gasteiger partial charge >= 0.3 is 5.97 Å². The molecule has 0 amide bonds. The molecule has 1 heterocycles. The van der Waals surface area contributed by atoms with Gasteiger partial charge in [0.1, 0.15) is 5.82 Å². The minimum absolute atomic E-state index is 0.307. The van der Waals surface area contributed by atoms with Gasteiger partial charge in [0.2, 0.25) is 0 Å². The molecule has 0 bridgehead atoms. The molecule has 2 aromatic rings. The summed E-state index contributed by atoms with van der Waals surface area (Å²) in [5.74, 6) is 0.719. The third-order valence-electron chi connectivity index (χ3n) is 3.16. The summed E-state index contributed by atoms with van der Waals surface area (Å²) in [4.78, 5) is 17.8. The topological polar surface area (TPSA) is 47.4 Å². The number of rotatable bonds is 5. The van der Waals surface area contributed by atoms with Gasteiger partial charge in [-0.2, -0.15) is 0 Å². The lowest BCUT2D eigenvalue weighted by atomic mass is 10.1. The maximum atomic E-state index is 11.4. The number of aryl methyl sites for hydroxylation is 1. The molecule has 0 saturated carbocycles. The summed E-state index contributed by atoms with van der Waals surface area (Å²) < 4.78 is 6.69. The Morgan fingerprint density at radius 2 is 2.00 bits per heavy atom. The number of carbonyl (C=O) groups excluding carboxylic acids is 1. The Kier molecular flexibility index (Phi) is 4.53. The van der Waals surface area contributed by atoms with Crippen LogP contribution in [0, 0.1) is 0 Å². The second-order valence-electron chi connectivity index (χ2n) is 4.82. The van der Waals surface area contributed by atoms with Gasteiger partial charge in [0.15, 0.2) is 0 Å². The second-order valence-corrected chi connectivity index (χ2v) is 4.82. The number of aromatic nitrogens is 2. The minimum atomic E-state index is -0.307. The Morgan fingerprint density at radius 1 is 1.30 bits per heavy atom. The SMILES string of the molecule is COC(=O)c1ccc(CN(C)Cc2nccn2C)cc1. The Hall–Kier alpha value is -2.14. The fourth-order valence-corrected chi connectivity index (χ4v) is 2.02. The van der Waals surface area contributed by atoms with Gasteiger partial charge in [0.25, 0.3) is 0 Å². The van der Waals surface area contributed by atoms with E-state index in [1.165, 1.54) is 7.11 Å². The van der Waals surface area contributed by atoms with Crippen LogP contribution in [-0.2, 0) is 24.9 Å². The molecule has 20 heavy (non-hydrogen) atoms. The molecule has 0 atom stereocenters. The molecule has 106 valence electrons. The van der Waals surface area contributed by atoms with Crippen molar-refractivity contribution in [2.24, 2.45) is 7.05 Å². The van der Waals surface area contributed by atoms with Gasteiger partial charge in [-0.05, 0) is 24.7 Å². The number of benzene rings is 1. The van der Waals surface area contributed by atoms with E-state index in [4.69, 9.17) is 0 Å². The predicted molar refractivity (Wildman–Crippen MR) is 76.2 cm³/mol. The summed E-state index contributed by atoms with van der Waals surface area (Å²) in [7, 11) is 5.42. The van der Waals surface area contributed by atoms with E-state index in [1.807, 2.05) is 37.0 Å². The lowest BCUT2D eigenvalue weighted by Crippen LogP contribution is -2.19. The van der Waals surface area contributed by atoms with Crippen LogP contribution >= 0.6 is 0 Å². The Morgan fingerprint density at radius 3 is 2.55 bits per heavy atom. The number of imidazole rings is 1. The number of hydrogen-bond donors (Lipinski definition) is 0. The molecule has 0 N–H and O–H groups in total. The van der Waals surface area contributed by atoms with Crippen LogP contribution in [0.3, 0.4) is 0 Å². The van der Waals surface area contributed by atoms with Crippen molar-refractivity contribution in [3.8, 4) is 0 Å². The first-order chi connectivity index (χ1) is 9.60. The van der Waals surface area contributed by atoms with Crippen LogP contribution in [0.25, 0.3) is 0 Å². The van der Waals surface area contributed by atoms with E-state index < -0.39 is 0 Å². The Bertz CT molecular complexity index is 575. The molecule has 1 aromatic carbocycles. The molecule has 5 heteroatoms. The molecule has 0 saturated heterocycles. The average molecular weight is 273 g/mol. The summed E-state index contributed by atoms with van der Waals surface area (Å²) >= 11 is 0. The summed E-state index contributed by atoms with van der Waals surface area (Å²) in [6.45, 7) is 1.58. The van der Waals surface area contributed by atoms with Crippen molar-refractivity contribution in [3.63, 3.8) is 0 Å². The first-order valence-corrected chi connectivity index (χ1v) is 6.42. The van der Waals surface area contributed by atoms with Gasteiger partial charge in [-0.3, -0.25) is 4.90 Å². The van der Waals surface area contributed by atoms with Gasteiger partial charge in [0.05, 0.1) is 19.2 Å². The number of methoxy groups -OCH3 is 1. The number of nitrogens with zero attached hydrogens (tertiary/aromatic N) is 3. The summed E-state index contributed by atoms with van der Waals surface area (Å²) in [6.07, 6.45) is 3.74. The van der Waals surface area contributed by atoms with Crippen molar-refractivity contribution in [2.45, 2.75) is 13.1 Å². The smallest absolute Gasteiger partial charge is 0.337 e. The second kappa shape index (κ2) is 6.34. The fraction of sp³-hybridized carbons (Fsp3) is 0.333. The van der Waals surface area contributed by atoms with E-state index in [2.05, 4.69) is 14.6 Å². The number of hydrogen-bond acceptors (Lipinski definition) is 4. The highest BCUT2D eigenvalue weighted by atomic mass is 16.5. The highest BCUT2D eigenvalue weighted by Crippen LogP contribution is 2.09. The molecule has 5 nitrogen and oxygen atoms in total. The maximum absolute atomic E-state index is 11.4. The highest BCUT2D eigenvalue weighted by molar-refractivity contribution is 5.89. The van der Waals surface area contributed by atoms with Crippen molar-refractivity contribution < 1.29 is 9.53 Å². The van der Waals surface area contributed by atoms with Crippen molar-refractivity contribution in [1.29, 1.82) is 0 Å². The van der Waals surface area contributed by atoms with E-state index in [0.29, 0.717) is 5.56 Å². The molecule has 0 aliphatic rings. The maximum Gasteiger partial charge on any atom is 0.337 e. The standard InChI is InChI=1S/C15H19N3O2/c1-17(11-14-16-8-9-18(14)2)10-12-4-6-13(7-5-12)15(19)20-3/h4-9H,10-11H2,1-3H3. The predicted octanol–water partition coefficient (Wildman–Crippen LogP) is 1.84. The quantitative estimate of drug-likeness (QED) is 0.780. The van der Waals surface area contributed by atoms with E-state index in [0.717, 1.165) is 24.5 Å². The van der Waals surface area contributed by atoms with Gasteiger partial charge in [-0.1, -0.05) is 12.1 Å². The van der Waals surface area contributed by atoms with Crippen LogP contribution in [0.1, 0.15) is 21.7 Å². The molecule has 1 aromatic heterocycles. The molecule has 0 radical (unpaired) electrons. The minimum Gasteiger partial charge on any atom is -0.465 e. The third-order valence-corrected chi connectivity index (χ3v) is 3.16. The van der Waals surface area contributed by atoms with Gasteiger partial charge < -0.3 is 9.30 Å². The zero-order valence-corrected chi connectivity index (χ0v) is 12.0. The van der Waals surface area contributed by atoms with Crippen molar-refractivity contribution in [1.82, 2.24) is 14.5 Å². The first-order valence-electron chi connectivity index (χ1n) is 6.42. The molecule has 2 rings (SSSR count). The molecular weight excluding hydrogens is 254 g/mol. The van der Waals surface area contributed by atoms with E-state index >= 15 is 0 Å². The van der Waals surface area contributed by atoms with Crippen LogP contribution in [-0.4, -0.2) is 34.6 Å². The molecule has 0 unspecified atom stereocenters. The van der Waals surface area contributed by atoms with E-state index in [-0.39, 0.29) is 5.97 Å². The third kappa shape index (κ3) is 3.45. The number of esters is 1. The van der Waals surface area contributed by atoms with Crippen molar-refractivity contribution >= 4 is 5.97 Å². The largest absolute Gasteiger partial charge is 0.465 e. The summed E-state index contributed by atoms with van der Waals surface area (Å²) in [5.41, 5.74) is 1.72. The lowest BCUT2D eigenvalue weighted by molar-refractivity contribution is 0.0600. The fourth-order valence-electron chi connectivity index (χ4n) is 2.02. The van der Waals surface area contributed by atoms with Crippen molar-refractivity contribution in [2.75, 3.05) is 14.2 Å². The zero-order chi connectivity index (χ0) is 14.5. The van der Waals surface area contributed by atoms with Gasteiger partial charge in [-0.15, -0.1) is 0 Å². The zero-order valence-electron chi connectivity index (χ0n) is 12.0. The van der Waals surface area contributed by atoms with Gasteiger partial charge in [0, 0.05) is 26.0 Å². The van der Waals surface area contributed by atoms with Crippen LogP contribution in [0.4, 0.5) is 0 Å². The number of carbonyl (C=O) groups is 1. The molecule has 0 aliphatic heterocycles. The Balaban J connectivity index is 1.96. The lowest BCUT2D eigenvalue weighted by Gasteiger charge is -2.16. The highest BCUT2D eigenvalue weighted by Gasteiger charge is 2.07. The summed E-state index contributed by atoms with van der Waals surface area (Å²) in [6, 6.07) is 7.47. The number of ether oxygens (including phenoxy) is 1. The van der Waals surface area contributed by atoms with Crippen LogP contribution in [0.2, 0.25) is 0 Å². The van der Waals surface area contributed by atoms with Crippen LogP contribution in [0.5, 0.6) is 0 Å².